The average Bonchev–Trinajstić information content (AvgIpc) is 3.09. The molecule has 30 heavy (non-hydrogen) atoms. The van der Waals surface area contributed by atoms with Crippen LogP contribution in [0.4, 0.5) is 5.82 Å². The third kappa shape index (κ3) is 4.09. The lowest BCUT2D eigenvalue weighted by atomic mass is 10.0. The van der Waals surface area contributed by atoms with Crippen molar-refractivity contribution >= 4 is 17.0 Å². The number of allylic oxidation sites excluding steroid dienone is 2. The van der Waals surface area contributed by atoms with Crippen LogP contribution in [0.1, 0.15) is 42.3 Å². The van der Waals surface area contributed by atoms with Crippen molar-refractivity contribution < 1.29 is 9.84 Å². The van der Waals surface area contributed by atoms with Gasteiger partial charge >= 0.3 is 0 Å². The van der Waals surface area contributed by atoms with Crippen molar-refractivity contribution in [2.45, 2.75) is 46.3 Å². The van der Waals surface area contributed by atoms with E-state index in [2.05, 4.69) is 52.8 Å². The summed E-state index contributed by atoms with van der Waals surface area (Å²) < 4.78 is 7.91. The van der Waals surface area contributed by atoms with Gasteiger partial charge in [-0.25, -0.2) is 9.97 Å². The maximum atomic E-state index is 9.73. The number of nitrogens with zero attached hydrogens (tertiary/aromatic N) is 3. The Kier molecular flexibility index (Phi) is 5.86. The summed E-state index contributed by atoms with van der Waals surface area (Å²) in [5, 5.41) is 13.2. The lowest BCUT2D eigenvalue weighted by Gasteiger charge is -2.13. The predicted molar refractivity (Wildman–Crippen MR) is 120 cm³/mol. The maximum Gasteiger partial charge on any atom is 0.180 e. The number of imidazole rings is 1. The molecule has 1 aliphatic carbocycles. The summed E-state index contributed by atoms with van der Waals surface area (Å²) in [7, 11) is 0. The smallest absolute Gasteiger partial charge is 0.180 e. The lowest BCUT2D eigenvalue weighted by Crippen LogP contribution is -2.06. The third-order valence-corrected chi connectivity index (χ3v) is 5.24. The molecule has 2 heterocycles. The monoisotopic (exact) mass is 404 g/mol. The molecule has 0 saturated heterocycles. The van der Waals surface area contributed by atoms with E-state index in [1.54, 1.807) is 6.20 Å². The fraction of sp³-hybridized carbons (Fsp3) is 0.333. The molecule has 6 nitrogen and oxygen atoms in total. The van der Waals surface area contributed by atoms with Gasteiger partial charge in [0.05, 0.1) is 24.1 Å². The number of aliphatic hydroxyl groups excluding tert-OH is 1. The van der Waals surface area contributed by atoms with Gasteiger partial charge in [0, 0.05) is 18.9 Å². The number of benzene rings is 1. The number of fused-ring (bicyclic) bond motifs is 1. The molecular weight excluding hydrogens is 376 g/mol. The number of aromatic nitrogens is 3. The molecule has 1 aromatic carbocycles. The average molecular weight is 405 g/mol. The van der Waals surface area contributed by atoms with Crippen LogP contribution in [-0.4, -0.2) is 32.2 Å². The number of aliphatic hydroxyl groups is 1. The minimum Gasteiger partial charge on any atom is -0.493 e. The second kappa shape index (κ2) is 8.71. The minimum atomic E-state index is -0.409. The Morgan fingerprint density at radius 1 is 1.30 bits per heavy atom. The zero-order chi connectivity index (χ0) is 21.1. The number of ether oxygens (including phenoxy) is 1. The molecule has 2 aromatic heterocycles. The normalized spacial score (nSPS) is 16.0. The highest BCUT2D eigenvalue weighted by Gasteiger charge is 2.17. The Morgan fingerprint density at radius 2 is 2.17 bits per heavy atom. The van der Waals surface area contributed by atoms with Crippen LogP contribution in [-0.2, 0) is 6.54 Å². The maximum absolute atomic E-state index is 9.73. The molecule has 0 aliphatic heterocycles. The van der Waals surface area contributed by atoms with Crippen LogP contribution in [0.5, 0.6) is 5.75 Å². The first kappa shape index (κ1) is 20.2. The van der Waals surface area contributed by atoms with Gasteiger partial charge in [-0.05, 0) is 49.5 Å². The molecule has 1 unspecified atom stereocenters. The molecule has 0 spiro atoms. The fourth-order valence-corrected chi connectivity index (χ4v) is 3.66. The van der Waals surface area contributed by atoms with E-state index in [4.69, 9.17) is 9.72 Å². The lowest BCUT2D eigenvalue weighted by molar-refractivity contribution is 0.226. The molecule has 0 saturated carbocycles. The first-order valence-electron chi connectivity index (χ1n) is 10.4. The molecule has 3 aromatic rings. The summed E-state index contributed by atoms with van der Waals surface area (Å²) in [6.07, 6.45) is 10.7. The summed E-state index contributed by atoms with van der Waals surface area (Å²) in [6, 6.07) is 6.28. The van der Waals surface area contributed by atoms with Gasteiger partial charge in [0.15, 0.2) is 11.5 Å². The number of nitrogens with one attached hydrogen (secondary N) is 1. The van der Waals surface area contributed by atoms with Gasteiger partial charge in [0.25, 0.3) is 0 Å². The number of anilines is 1. The molecule has 0 radical (unpaired) electrons. The van der Waals surface area contributed by atoms with Crippen LogP contribution < -0.4 is 10.1 Å². The van der Waals surface area contributed by atoms with Crippen LogP contribution in [0, 0.1) is 13.8 Å². The van der Waals surface area contributed by atoms with Crippen molar-refractivity contribution in [1.29, 1.82) is 0 Å². The molecule has 0 amide bonds. The zero-order valence-electron chi connectivity index (χ0n) is 17.7. The highest BCUT2D eigenvalue weighted by atomic mass is 16.5. The van der Waals surface area contributed by atoms with Gasteiger partial charge in [-0.15, -0.1) is 0 Å². The van der Waals surface area contributed by atoms with Gasteiger partial charge in [-0.2, -0.15) is 0 Å². The Hall–Kier alpha value is -3.12. The standard InChI is InChI=1S/C24H28N4O2/c1-4-13-30-21-14-18(6-5-16(21)2)15-26-23-24-27-17(3)22(28(24)12-11-25-23)19-7-9-20(29)10-8-19/h5-9,11-12,14,20,29H,4,10,13,15H2,1-3H3,(H,25,26). The Bertz CT molecular complexity index is 1110. The molecule has 156 valence electrons. The van der Waals surface area contributed by atoms with Crippen molar-refractivity contribution in [3.8, 4) is 5.75 Å². The van der Waals surface area contributed by atoms with Crippen molar-refractivity contribution in [3.05, 3.63) is 71.3 Å². The van der Waals surface area contributed by atoms with Crippen LogP contribution >= 0.6 is 0 Å². The van der Waals surface area contributed by atoms with E-state index in [0.29, 0.717) is 13.0 Å². The second-order valence-corrected chi connectivity index (χ2v) is 7.64. The molecule has 2 N–H and O–H groups in total. The Balaban J connectivity index is 1.59. The number of hydrogen-bond donors (Lipinski definition) is 2. The topological polar surface area (TPSA) is 71.7 Å². The summed E-state index contributed by atoms with van der Waals surface area (Å²) >= 11 is 0. The van der Waals surface area contributed by atoms with Crippen LogP contribution in [0.3, 0.4) is 0 Å². The fourth-order valence-electron chi connectivity index (χ4n) is 3.66. The molecule has 6 heteroatoms. The van der Waals surface area contributed by atoms with Crippen molar-refractivity contribution in [1.82, 2.24) is 14.4 Å². The molecular formula is C24H28N4O2. The summed E-state index contributed by atoms with van der Waals surface area (Å²) in [4.78, 5) is 9.29. The third-order valence-electron chi connectivity index (χ3n) is 5.24. The Labute approximate surface area is 176 Å². The molecule has 0 bridgehead atoms. The summed E-state index contributed by atoms with van der Waals surface area (Å²) in [5.74, 6) is 1.67. The highest BCUT2D eigenvalue weighted by Crippen LogP contribution is 2.28. The molecule has 4 rings (SSSR count). The quantitative estimate of drug-likeness (QED) is 0.609. The molecule has 0 fully saturated rings. The first-order valence-corrected chi connectivity index (χ1v) is 10.4. The van der Waals surface area contributed by atoms with E-state index < -0.39 is 6.10 Å². The van der Waals surface area contributed by atoms with E-state index in [-0.39, 0.29) is 0 Å². The second-order valence-electron chi connectivity index (χ2n) is 7.64. The van der Waals surface area contributed by atoms with Crippen molar-refractivity contribution in [3.63, 3.8) is 0 Å². The van der Waals surface area contributed by atoms with E-state index in [1.807, 2.05) is 25.3 Å². The van der Waals surface area contributed by atoms with E-state index in [9.17, 15) is 5.11 Å². The van der Waals surface area contributed by atoms with E-state index in [0.717, 1.165) is 58.3 Å². The SMILES string of the molecule is CCCOc1cc(CNc2nccn3c(C4=CCC(O)C=C4)c(C)nc23)ccc1C. The van der Waals surface area contributed by atoms with E-state index >= 15 is 0 Å². The highest BCUT2D eigenvalue weighted by molar-refractivity contribution is 5.78. The van der Waals surface area contributed by atoms with Crippen LogP contribution in [0.2, 0.25) is 0 Å². The largest absolute Gasteiger partial charge is 0.493 e. The van der Waals surface area contributed by atoms with Crippen LogP contribution in [0.25, 0.3) is 11.2 Å². The number of rotatable bonds is 7. The molecule has 1 atom stereocenters. The minimum absolute atomic E-state index is 0.409. The number of hydrogen-bond acceptors (Lipinski definition) is 5. The van der Waals surface area contributed by atoms with Gasteiger partial charge in [-0.3, -0.25) is 4.40 Å². The van der Waals surface area contributed by atoms with Gasteiger partial charge in [0.2, 0.25) is 0 Å². The van der Waals surface area contributed by atoms with Crippen molar-refractivity contribution in [2.75, 3.05) is 11.9 Å². The van der Waals surface area contributed by atoms with Gasteiger partial charge in [0.1, 0.15) is 5.75 Å². The van der Waals surface area contributed by atoms with Crippen molar-refractivity contribution in [2.24, 2.45) is 0 Å². The molecule has 1 aliphatic rings. The summed E-state index contributed by atoms with van der Waals surface area (Å²) in [5.41, 5.74) is 6.10. The zero-order valence-corrected chi connectivity index (χ0v) is 17.7. The predicted octanol–water partition coefficient (Wildman–Crippen LogP) is 4.45. The number of aryl methyl sites for hydroxylation is 2. The Morgan fingerprint density at radius 3 is 2.93 bits per heavy atom. The van der Waals surface area contributed by atoms with E-state index in [1.165, 1.54) is 0 Å². The van der Waals surface area contributed by atoms with Gasteiger partial charge in [-0.1, -0.05) is 37.3 Å². The first-order chi connectivity index (χ1) is 14.6. The van der Waals surface area contributed by atoms with Crippen LogP contribution in [0.15, 0.2) is 48.8 Å². The van der Waals surface area contributed by atoms with Gasteiger partial charge < -0.3 is 15.2 Å². The summed E-state index contributed by atoms with van der Waals surface area (Å²) in [6.45, 7) is 7.52.